The maximum absolute atomic E-state index is 12.3. The van der Waals surface area contributed by atoms with Gasteiger partial charge in [0.2, 0.25) is 0 Å². The Labute approximate surface area is 128 Å². The lowest BCUT2D eigenvalue weighted by Gasteiger charge is -2.05. The molecule has 0 saturated carbocycles. The minimum absolute atomic E-state index is 0.111. The van der Waals surface area contributed by atoms with Crippen LogP contribution in [0.15, 0.2) is 46.4 Å². The predicted octanol–water partition coefficient (Wildman–Crippen LogP) is 4.36. The molecule has 0 radical (unpaired) electrons. The van der Waals surface area contributed by atoms with Gasteiger partial charge in [-0.15, -0.1) is 11.3 Å². The highest BCUT2D eigenvalue weighted by atomic mass is 79.9. The van der Waals surface area contributed by atoms with Crippen molar-refractivity contribution in [1.29, 1.82) is 0 Å². The molecule has 102 valence electrons. The van der Waals surface area contributed by atoms with Gasteiger partial charge in [-0.2, -0.15) is 0 Å². The maximum Gasteiger partial charge on any atom is 0.193 e. The van der Waals surface area contributed by atoms with Crippen LogP contribution < -0.4 is 4.74 Å². The minimum Gasteiger partial charge on any atom is -0.497 e. The Hall–Kier alpha value is -1.59. The summed E-state index contributed by atoms with van der Waals surface area (Å²) < 4.78 is 8.03. The van der Waals surface area contributed by atoms with Gasteiger partial charge in [-0.1, -0.05) is 0 Å². The van der Waals surface area contributed by atoms with Crippen LogP contribution in [-0.4, -0.2) is 17.5 Å². The molecule has 3 rings (SSSR count). The molecule has 0 amide bonds. The van der Waals surface area contributed by atoms with Gasteiger partial charge in [0.15, 0.2) is 5.78 Å². The Balaban J connectivity index is 1.92. The Morgan fingerprint density at radius 1 is 1.35 bits per heavy atom. The number of aromatic nitrogens is 1. The molecule has 3 nitrogen and oxygen atoms in total. The van der Waals surface area contributed by atoms with Crippen LogP contribution in [0.4, 0.5) is 0 Å². The molecule has 0 unspecified atom stereocenters. The summed E-state index contributed by atoms with van der Waals surface area (Å²) in [5, 5.41) is 2.98. The summed E-state index contributed by atoms with van der Waals surface area (Å²) in [7, 11) is 1.65. The van der Waals surface area contributed by atoms with Crippen LogP contribution in [0.5, 0.6) is 5.75 Å². The fourth-order valence-corrected chi connectivity index (χ4v) is 3.69. The van der Waals surface area contributed by atoms with Gasteiger partial charge in [0, 0.05) is 21.6 Å². The topological polar surface area (TPSA) is 31.2 Å². The Bertz CT molecular complexity index is 775. The van der Waals surface area contributed by atoms with Crippen molar-refractivity contribution in [2.24, 2.45) is 0 Å². The van der Waals surface area contributed by atoms with Gasteiger partial charge >= 0.3 is 0 Å². The zero-order valence-corrected chi connectivity index (χ0v) is 13.2. The third kappa shape index (κ3) is 2.39. The van der Waals surface area contributed by atoms with Crippen LogP contribution in [0.25, 0.3) is 10.9 Å². The number of carbonyl (C=O) groups excluding carboxylic acids is 1. The molecule has 0 bridgehead atoms. The number of halogens is 1. The molecule has 0 saturated heterocycles. The van der Waals surface area contributed by atoms with E-state index in [4.69, 9.17) is 4.74 Å². The van der Waals surface area contributed by atoms with E-state index in [2.05, 4.69) is 15.9 Å². The first kappa shape index (κ1) is 13.4. The molecular formula is C15H12BrNO2S. The fraction of sp³-hybridized carbons (Fsp3) is 0.133. The molecule has 2 heterocycles. The number of ether oxygens (including phenoxy) is 1. The second-order valence-corrected chi connectivity index (χ2v) is 6.16. The van der Waals surface area contributed by atoms with Gasteiger partial charge in [-0.3, -0.25) is 4.79 Å². The van der Waals surface area contributed by atoms with Crippen LogP contribution in [0.3, 0.4) is 0 Å². The highest BCUT2D eigenvalue weighted by Gasteiger charge is 2.13. The van der Waals surface area contributed by atoms with Gasteiger partial charge < -0.3 is 9.30 Å². The van der Waals surface area contributed by atoms with E-state index in [-0.39, 0.29) is 5.78 Å². The van der Waals surface area contributed by atoms with Crippen molar-refractivity contribution in [2.45, 2.75) is 6.54 Å². The molecule has 0 spiro atoms. The van der Waals surface area contributed by atoms with E-state index in [0.717, 1.165) is 26.0 Å². The highest BCUT2D eigenvalue weighted by Crippen LogP contribution is 2.25. The van der Waals surface area contributed by atoms with E-state index >= 15 is 0 Å². The predicted molar refractivity (Wildman–Crippen MR) is 84.8 cm³/mol. The summed E-state index contributed by atoms with van der Waals surface area (Å²) in [6.45, 7) is 0.342. The molecule has 0 N–H and O–H groups in total. The largest absolute Gasteiger partial charge is 0.497 e. The Morgan fingerprint density at radius 2 is 2.20 bits per heavy atom. The zero-order chi connectivity index (χ0) is 14.1. The summed E-state index contributed by atoms with van der Waals surface area (Å²) in [5.41, 5.74) is 1.03. The smallest absolute Gasteiger partial charge is 0.193 e. The number of Topliss-reactive ketones (excluding diaryl/α,β-unsaturated/α-hetero) is 1. The average Bonchev–Trinajstić information content (AvgIpc) is 3.05. The standard InChI is InChI=1S/C15H12BrNO2S/c1-19-11-2-3-13-10(8-11)4-6-17(13)9-14(18)15-12(16)5-7-20-15/h2-8H,9H2,1H3. The number of carbonyl (C=O) groups is 1. The molecule has 0 fully saturated rings. The number of methoxy groups -OCH3 is 1. The molecule has 0 aliphatic carbocycles. The maximum atomic E-state index is 12.3. The van der Waals surface area contributed by atoms with E-state index in [0.29, 0.717) is 6.54 Å². The first-order chi connectivity index (χ1) is 9.69. The van der Waals surface area contributed by atoms with E-state index in [1.54, 1.807) is 7.11 Å². The number of ketones is 1. The van der Waals surface area contributed by atoms with Crippen LogP contribution in [0.2, 0.25) is 0 Å². The number of hydrogen-bond donors (Lipinski definition) is 0. The highest BCUT2D eigenvalue weighted by molar-refractivity contribution is 9.10. The zero-order valence-electron chi connectivity index (χ0n) is 10.8. The first-order valence-corrected chi connectivity index (χ1v) is 7.75. The molecular weight excluding hydrogens is 338 g/mol. The molecule has 5 heteroatoms. The molecule has 0 aliphatic heterocycles. The van der Waals surface area contributed by atoms with Gasteiger partial charge in [0.25, 0.3) is 0 Å². The SMILES string of the molecule is COc1ccc2c(ccn2CC(=O)c2sccc2Br)c1. The fourth-order valence-electron chi connectivity index (χ4n) is 2.16. The molecule has 20 heavy (non-hydrogen) atoms. The molecule has 1 aromatic carbocycles. The van der Waals surface area contributed by atoms with Gasteiger partial charge in [0.1, 0.15) is 5.75 Å². The van der Waals surface area contributed by atoms with Crippen molar-refractivity contribution < 1.29 is 9.53 Å². The quantitative estimate of drug-likeness (QED) is 0.655. The van der Waals surface area contributed by atoms with E-state index < -0.39 is 0 Å². The molecule has 0 aliphatic rings. The number of rotatable bonds is 4. The second kappa shape index (κ2) is 5.42. The van der Waals surface area contributed by atoms with Gasteiger partial charge in [-0.25, -0.2) is 0 Å². The molecule has 2 aromatic heterocycles. The number of benzene rings is 1. The van der Waals surface area contributed by atoms with Crippen LogP contribution >= 0.6 is 27.3 Å². The first-order valence-electron chi connectivity index (χ1n) is 6.08. The number of thiophene rings is 1. The number of fused-ring (bicyclic) bond motifs is 1. The number of nitrogens with zero attached hydrogens (tertiary/aromatic N) is 1. The van der Waals surface area contributed by atoms with Crippen molar-refractivity contribution in [3.8, 4) is 5.75 Å². The van der Waals surface area contributed by atoms with Crippen molar-refractivity contribution >= 4 is 44.0 Å². The lowest BCUT2D eigenvalue weighted by Crippen LogP contribution is -2.08. The number of hydrogen-bond acceptors (Lipinski definition) is 3. The van der Waals surface area contributed by atoms with Crippen LogP contribution in [0, 0.1) is 0 Å². The van der Waals surface area contributed by atoms with Crippen molar-refractivity contribution in [3.05, 3.63) is 51.3 Å². The van der Waals surface area contributed by atoms with Gasteiger partial charge in [0.05, 0.1) is 18.5 Å². The Kier molecular flexibility index (Phi) is 3.63. The van der Waals surface area contributed by atoms with Crippen molar-refractivity contribution in [2.75, 3.05) is 7.11 Å². The molecule has 0 atom stereocenters. The summed E-state index contributed by atoms with van der Waals surface area (Å²) in [6.07, 6.45) is 1.93. The average molecular weight is 350 g/mol. The van der Waals surface area contributed by atoms with Crippen molar-refractivity contribution in [3.63, 3.8) is 0 Å². The minimum atomic E-state index is 0.111. The monoisotopic (exact) mass is 349 g/mol. The van der Waals surface area contributed by atoms with Gasteiger partial charge in [-0.05, 0) is 51.6 Å². The van der Waals surface area contributed by atoms with Crippen LogP contribution in [-0.2, 0) is 6.54 Å². The third-order valence-corrected chi connectivity index (χ3v) is 5.04. The normalized spacial score (nSPS) is 10.9. The van der Waals surface area contributed by atoms with Crippen LogP contribution in [0.1, 0.15) is 9.67 Å². The third-order valence-electron chi connectivity index (χ3n) is 3.16. The van der Waals surface area contributed by atoms with E-state index in [1.807, 2.05) is 46.5 Å². The summed E-state index contributed by atoms with van der Waals surface area (Å²) in [6, 6.07) is 9.75. The summed E-state index contributed by atoms with van der Waals surface area (Å²) in [4.78, 5) is 13.1. The lowest BCUT2D eigenvalue weighted by atomic mass is 10.2. The lowest BCUT2D eigenvalue weighted by molar-refractivity contribution is 0.0977. The van der Waals surface area contributed by atoms with E-state index in [9.17, 15) is 4.79 Å². The summed E-state index contributed by atoms with van der Waals surface area (Å²) in [5.74, 6) is 0.933. The molecule has 3 aromatic rings. The Morgan fingerprint density at radius 3 is 2.90 bits per heavy atom. The van der Waals surface area contributed by atoms with E-state index in [1.165, 1.54) is 11.3 Å². The summed E-state index contributed by atoms with van der Waals surface area (Å²) >= 11 is 4.86. The second-order valence-electron chi connectivity index (χ2n) is 4.39. The van der Waals surface area contributed by atoms with Crippen molar-refractivity contribution in [1.82, 2.24) is 4.57 Å².